The van der Waals surface area contributed by atoms with Crippen molar-refractivity contribution in [3.8, 4) is 11.5 Å². The summed E-state index contributed by atoms with van der Waals surface area (Å²) in [6.45, 7) is 3.08. The van der Waals surface area contributed by atoms with E-state index in [9.17, 15) is 9.59 Å². The zero-order valence-corrected chi connectivity index (χ0v) is 15.1. The zero-order chi connectivity index (χ0) is 18.4. The Morgan fingerprint density at radius 1 is 1.08 bits per heavy atom. The van der Waals surface area contributed by atoms with Gasteiger partial charge in [0.2, 0.25) is 0 Å². The van der Waals surface area contributed by atoms with Gasteiger partial charge in [0.25, 0.3) is 0 Å². The van der Waals surface area contributed by atoms with Crippen LogP contribution in [0.15, 0.2) is 36.4 Å². The number of esters is 1. The van der Waals surface area contributed by atoms with Gasteiger partial charge in [-0.15, -0.1) is 0 Å². The second-order valence-corrected chi connectivity index (χ2v) is 5.87. The second kappa shape index (κ2) is 8.53. The Labute approximate surface area is 151 Å². The molecule has 2 aromatic rings. The number of ketones is 1. The number of benzene rings is 2. The molecule has 0 aliphatic rings. The van der Waals surface area contributed by atoms with E-state index in [-0.39, 0.29) is 19.0 Å². The minimum Gasteiger partial charge on any atom is -0.496 e. The van der Waals surface area contributed by atoms with E-state index in [1.807, 2.05) is 13.0 Å². The van der Waals surface area contributed by atoms with Gasteiger partial charge in [0.15, 0.2) is 12.4 Å². The highest BCUT2D eigenvalue weighted by Gasteiger charge is 2.11. The van der Waals surface area contributed by atoms with Gasteiger partial charge in [-0.05, 0) is 49.7 Å². The molecule has 0 radical (unpaired) electrons. The molecule has 0 N–H and O–H groups in total. The van der Waals surface area contributed by atoms with E-state index in [0.717, 1.165) is 5.56 Å². The maximum atomic E-state index is 11.9. The van der Waals surface area contributed by atoms with Gasteiger partial charge in [-0.3, -0.25) is 4.79 Å². The maximum Gasteiger partial charge on any atom is 0.344 e. The van der Waals surface area contributed by atoms with Crippen LogP contribution in [-0.2, 0) is 16.1 Å². The lowest BCUT2D eigenvalue weighted by Gasteiger charge is -2.12. The molecule has 0 atom stereocenters. The molecule has 25 heavy (non-hydrogen) atoms. The van der Waals surface area contributed by atoms with Crippen LogP contribution < -0.4 is 9.47 Å². The highest BCUT2D eigenvalue weighted by atomic mass is 35.5. The molecule has 0 saturated heterocycles. The van der Waals surface area contributed by atoms with Crippen LogP contribution in [0.5, 0.6) is 11.5 Å². The van der Waals surface area contributed by atoms with Crippen LogP contribution >= 0.6 is 11.6 Å². The largest absolute Gasteiger partial charge is 0.496 e. The first kappa shape index (κ1) is 18.8. The van der Waals surface area contributed by atoms with Crippen molar-refractivity contribution in [2.24, 2.45) is 0 Å². The fraction of sp³-hybridized carbons (Fsp3) is 0.263. The van der Waals surface area contributed by atoms with Crippen molar-refractivity contribution in [1.29, 1.82) is 0 Å². The van der Waals surface area contributed by atoms with Crippen molar-refractivity contribution in [2.75, 3.05) is 13.7 Å². The van der Waals surface area contributed by atoms with Crippen LogP contribution in [0.4, 0.5) is 0 Å². The molecule has 132 valence electrons. The number of Topliss-reactive ketones (excluding diaryl/α,β-unsaturated/α-hetero) is 1. The zero-order valence-electron chi connectivity index (χ0n) is 14.3. The molecule has 0 unspecified atom stereocenters. The minimum absolute atomic E-state index is 0.0198. The number of carbonyl (C=O) groups is 2. The first-order valence-electron chi connectivity index (χ1n) is 7.63. The standard InChI is InChI=1S/C19H19ClO5/c1-12-4-6-16(20)18(8-12)24-11-19(22)25-10-15-9-14(13(2)21)5-7-17(15)23-3/h4-9H,10-11H2,1-3H3. The number of hydrogen-bond donors (Lipinski definition) is 0. The van der Waals surface area contributed by atoms with E-state index >= 15 is 0 Å². The molecule has 0 aromatic heterocycles. The molecular formula is C19H19ClO5. The summed E-state index contributed by atoms with van der Waals surface area (Å²) in [7, 11) is 1.51. The Morgan fingerprint density at radius 3 is 2.52 bits per heavy atom. The summed E-state index contributed by atoms with van der Waals surface area (Å²) in [6, 6.07) is 10.3. The van der Waals surface area contributed by atoms with E-state index in [0.29, 0.717) is 27.6 Å². The van der Waals surface area contributed by atoms with Gasteiger partial charge in [0, 0.05) is 11.1 Å². The quantitative estimate of drug-likeness (QED) is 0.550. The molecule has 2 rings (SSSR count). The number of hydrogen-bond acceptors (Lipinski definition) is 5. The Hall–Kier alpha value is -2.53. The molecule has 0 saturated carbocycles. The molecule has 0 bridgehead atoms. The minimum atomic E-state index is -0.548. The summed E-state index contributed by atoms with van der Waals surface area (Å²) in [5, 5.41) is 0.425. The third kappa shape index (κ3) is 5.22. The van der Waals surface area contributed by atoms with Gasteiger partial charge < -0.3 is 14.2 Å². The highest BCUT2D eigenvalue weighted by Crippen LogP contribution is 2.25. The number of carbonyl (C=O) groups excluding carboxylic acids is 2. The first-order valence-corrected chi connectivity index (χ1v) is 8.01. The van der Waals surface area contributed by atoms with Crippen LogP contribution in [0.25, 0.3) is 0 Å². The van der Waals surface area contributed by atoms with E-state index in [1.165, 1.54) is 14.0 Å². The van der Waals surface area contributed by atoms with Crippen molar-refractivity contribution >= 4 is 23.4 Å². The summed E-state index contributed by atoms with van der Waals surface area (Å²) in [5.41, 5.74) is 2.10. The summed E-state index contributed by atoms with van der Waals surface area (Å²) < 4.78 is 15.8. The lowest BCUT2D eigenvalue weighted by molar-refractivity contribution is -0.147. The van der Waals surface area contributed by atoms with Crippen LogP contribution in [0.1, 0.15) is 28.4 Å². The molecule has 6 heteroatoms. The average molecular weight is 363 g/mol. The fourth-order valence-corrected chi connectivity index (χ4v) is 2.34. The lowest BCUT2D eigenvalue weighted by Crippen LogP contribution is -2.15. The van der Waals surface area contributed by atoms with Gasteiger partial charge in [0.1, 0.15) is 18.1 Å². The molecule has 0 spiro atoms. The number of rotatable bonds is 7. The van der Waals surface area contributed by atoms with Crippen molar-refractivity contribution in [3.63, 3.8) is 0 Å². The van der Waals surface area contributed by atoms with Crippen LogP contribution in [-0.4, -0.2) is 25.5 Å². The lowest BCUT2D eigenvalue weighted by atomic mass is 10.1. The molecule has 0 heterocycles. The van der Waals surface area contributed by atoms with Crippen molar-refractivity contribution in [1.82, 2.24) is 0 Å². The number of halogens is 1. The second-order valence-electron chi connectivity index (χ2n) is 5.47. The third-order valence-electron chi connectivity index (χ3n) is 3.51. The molecule has 5 nitrogen and oxygen atoms in total. The van der Waals surface area contributed by atoms with Crippen molar-refractivity contribution < 1.29 is 23.8 Å². The Bertz CT molecular complexity index is 785. The molecular weight excluding hydrogens is 344 g/mol. The monoisotopic (exact) mass is 362 g/mol. The molecule has 0 amide bonds. The van der Waals surface area contributed by atoms with E-state index in [1.54, 1.807) is 30.3 Å². The van der Waals surface area contributed by atoms with E-state index < -0.39 is 5.97 Å². The topological polar surface area (TPSA) is 61.8 Å². The SMILES string of the molecule is COc1ccc(C(C)=O)cc1COC(=O)COc1cc(C)ccc1Cl. The first-order chi connectivity index (χ1) is 11.9. The predicted molar refractivity (Wildman–Crippen MR) is 94.5 cm³/mol. The maximum absolute atomic E-state index is 11.9. The summed E-state index contributed by atoms with van der Waals surface area (Å²) in [6.07, 6.45) is 0. The van der Waals surface area contributed by atoms with Crippen LogP contribution in [0, 0.1) is 6.92 Å². The van der Waals surface area contributed by atoms with Gasteiger partial charge in [-0.2, -0.15) is 0 Å². The van der Waals surface area contributed by atoms with Crippen molar-refractivity contribution in [3.05, 3.63) is 58.1 Å². The number of ether oxygens (including phenoxy) is 3. The van der Waals surface area contributed by atoms with Gasteiger partial charge in [0.05, 0.1) is 12.1 Å². The van der Waals surface area contributed by atoms with E-state index in [4.69, 9.17) is 25.8 Å². The summed E-state index contributed by atoms with van der Waals surface area (Å²) in [4.78, 5) is 23.4. The summed E-state index contributed by atoms with van der Waals surface area (Å²) in [5.74, 6) is 0.343. The van der Waals surface area contributed by atoms with Gasteiger partial charge >= 0.3 is 5.97 Å². The Kier molecular flexibility index (Phi) is 6.42. The molecule has 0 fully saturated rings. The molecule has 2 aromatic carbocycles. The van der Waals surface area contributed by atoms with Gasteiger partial charge in [-0.1, -0.05) is 17.7 Å². The fourth-order valence-electron chi connectivity index (χ4n) is 2.17. The Morgan fingerprint density at radius 2 is 1.84 bits per heavy atom. The van der Waals surface area contributed by atoms with Crippen molar-refractivity contribution in [2.45, 2.75) is 20.5 Å². The summed E-state index contributed by atoms with van der Waals surface area (Å²) >= 11 is 6.01. The number of methoxy groups -OCH3 is 1. The molecule has 0 aliphatic heterocycles. The Balaban J connectivity index is 1.96. The van der Waals surface area contributed by atoms with Crippen LogP contribution in [0.3, 0.4) is 0 Å². The number of aryl methyl sites for hydroxylation is 1. The smallest absolute Gasteiger partial charge is 0.344 e. The average Bonchev–Trinajstić information content (AvgIpc) is 2.60. The normalized spacial score (nSPS) is 10.2. The van der Waals surface area contributed by atoms with Gasteiger partial charge in [-0.25, -0.2) is 4.79 Å². The third-order valence-corrected chi connectivity index (χ3v) is 3.82. The predicted octanol–water partition coefficient (Wildman–Crippen LogP) is 3.98. The molecule has 0 aliphatic carbocycles. The van der Waals surface area contributed by atoms with Crippen LogP contribution in [0.2, 0.25) is 5.02 Å². The highest BCUT2D eigenvalue weighted by molar-refractivity contribution is 6.32. The van der Waals surface area contributed by atoms with E-state index in [2.05, 4.69) is 0 Å².